The van der Waals surface area contributed by atoms with E-state index in [0.29, 0.717) is 5.56 Å². The van der Waals surface area contributed by atoms with Gasteiger partial charge in [0.15, 0.2) is 0 Å². The van der Waals surface area contributed by atoms with E-state index in [1.54, 1.807) is 6.07 Å². The van der Waals surface area contributed by atoms with Gasteiger partial charge in [-0.2, -0.15) is 0 Å². The van der Waals surface area contributed by atoms with Gasteiger partial charge in [0.25, 0.3) is 0 Å². The van der Waals surface area contributed by atoms with Crippen LogP contribution in [0.5, 0.6) is 0 Å². The highest BCUT2D eigenvalue weighted by Crippen LogP contribution is 2.04. The van der Waals surface area contributed by atoms with Crippen LogP contribution in [-0.4, -0.2) is 5.91 Å². The van der Waals surface area contributed by atoms with Gasteiger partial charge in [0.1, 0.15) is 0 Å². The quantitative estimate of drug-likeness (QED) is 0.715. The maximum absolute atomic E-state index is 10.7. The second-order valence-corrected chi connectivity index (χ2v) is 2.42. The summed E-state index contributed by atoms with van der Waals surface area (Å²) in [5, 5.41) is 0. The van der Waals surface area contributed by atoms with Crippen LogP contribution >= 0.6 is 0 Å². The van der Waals surface area contributed by atoms with Crippen LogP contribution in [0.4, 0.5) is 0 Å². The molecule has 0 bridgehead atoms. The van der Waals surface area contributed by atoms with Crippen molar-refractivity contribution in [1.82, 2.24) is 0 Å². The van der Waals surface area contributed by atoms with Gasteiger partial charge in [0, 0.05) is 5.56 Å². The second-order valence-electron chi connectivity index (χ2n) is 2.42. The van der Waals surface area contributed by atoms with Crippen LogP contribution in [0.1, 0.15) is 30.3 Å². The fraction of sp³-hybridized carbons (Fsp3) is 0.300. The Kier molecular flexibility index (Phi) is 4.05. The lowest BCUT2D eigenvalue weighted by Gasteiger charge is -1.97. The fourth-order valence-electron chi connectivity index (χ4n) is 0.945. The van der Waals surface area contributed by atoms with Crippen molar-refractivity contribution in [1.29, 1.82) is 0 Å². The third-order valence-corrected chi connectivity index (χ3v) is 1.62. The molecule has 0 unspecified atom stereocenters. The average Bonchev–Trinajstić information content (AvgIpc) is 2.05. The minimum absolute atomic E-state index is 0. The van der Waals surface area contributed by atoms with Crippen LogP contribution in [0.25, 0.3) is 0 Å². The van der Waals surface area contributed by atoms with Gasteiger partial charge in [0.05, 0.1) is 0 Å². The van der Waals surface area contributed by atoms with E-state index >= 15 is 0 Å². The summed E-state index contributed by atoms with van der Waals surface area (Å²) in [7, 11) is 0. The third kappa shape index (κ3) is 2.38. The molecule has 0 aliphatic rings. The van der Waals surface area contributed by atoms with Crippen LogP contribution in [0.2, 0.25) is 0 Å². The van der Waals surface area contributed by atoms with Crippen LogP contribution in [0, 0.1) is 0 Å². The highest BCUT2D eigenvalue weighted by atomic mass is 16.1. The summed E-state index contributed by atoms with van der Waals surface area (Å²) in [5.74, 6) is -0.361. The smallest absolute Gasteiger partial charge is 0.248 e. The van der Waals surface area contributed by atoms with Gasteiger partial charge in [0.2, 0.25) is 5.91 Å². The molecule has 12 heavy (non-hydrogen) atoms. The number of amides is 1. The molecule has 0 saturated carbocycles. The van der Waals surface area contributed by atoms with Crippen molar-refractivity contribution in [2.75, 3.05) is 0 Å². The van der Waals surface area contributed by atoms with E-state index in [1.165, 1.54) is 0 Å². The molecule has 1 rings (SSSR count). The molecule has 1 amide bonds. The molecule has 0 aromatic heterocycles. The molecule has 66 valence electrons. The van der Waals surface area contributed by atoms with E-state index in [1.807, 2.05) is 25.1 Å². The topological polar surface area (TPSA) is 43.1 Å². The molecule has 1 aromatic carbocycles. The monoisotopic (exact) mass is 165 g/mol. The number of carbonyl (C=O) groups excluding carboxylic acids is 1. The van der Waals surface area contributed by atoms with Crippen molar-refractivity contribution >= 4 is 5.91 Å². The molecule has 0 radical (unpaired) electrons. The third-order valence-electron chi connectivity index (χ3n) is 1.62. The molecule has 2 heteroatoms. The van der Waals surface area contributed by atoms with Gasteiger partial charge >= 0.3 is 0 Å². The summed E-state index contributed by atoms with van der Waals surface area (Å²) in [4.78, 5) is 10.7. The first-order chi connectivity index (χ1) is 5.24. The van der Waals surface area contributed by atoms with Gasteiger partial charge in [-0.3, -0.25) is 4.79 Å². The molecule has 1 aromatic rings. The van der Waals surface area contributed by atoms with Crippen LogP contribution < -0.4 is 5.73 Å². The van der Waals surface area contributed by atoms with Crippen molar-refractivity contribution in [2.24, 2.45) is 5.73 Å². The highest BCUT2D eigenvalue weighted by Gasteiger charge is 1.98. The Morgan fingerprint density at radius 1 is 1.50 bits per heavy atom. The van der Waals surface area contributed by atoms with Crippen molar-refractivity contribution < 1.29 is 4.79 Å². The number of rotatable bonds is 2. The molecule has 0 heterocycles. The van der Waals surface area contributed by atoms with Crippen LogP contribution in [0.3, 0.4) is 0 Å². The van der Waals surface area contributed by atoms with Crippen LogP contribution in [-0.2, 0) is 6.42 Å². The minimum Gasteiger partial charge on any atom is -0.366 e. The summed E-state index contributed by atoms with van der Waals surface area (Å²) in [5.41, 5.74) is 6.83. The molecule has 0 aliphatic carbocycles. The van der Waals surface area contributed by atoms with E-state index in [4.69, 9.17) is 5.73 Å². The fourth-order valence-corrected chi connectivity index (χ4v) is 0.945. The zero-order chi connectivity index (χ0) is 8.27. The van der Waals surface area contributed by atoms with Crippen molar-refractivity contribution in [3.8, 4) is 0 Å². The molecule has 2 nitrogen and oxygen atoms in total. The molecule has 2 N–H and O–H groups in total. The van der Waals surface area contributed by atoms with Crippen molar-refractivity contribution in [3.63, 3.8) is 0 Å². The summed E-state index contributed by atoms with van der Waals surface area (Å²) in [6, 6.07) is 7.37. The average molecular weight is 165 g/mol. The molecule has 0 aliphatic heterocycles. The number of nitrogens with two attached hydrogens (primary N) is 1. The second kappa shape index (κ2) is 4.54. The number of carbonyl (C=O) groups is 1. The minimum atomic E-state index is -0.361. The molecule has 0 fully saturated rings. The highest BCUT2D eigenvalue weighted by molar-refractivity contribution is 5.92. The largest absolute Gasteiger partial charge is 0.366 e. The SMILES string of the molecule is C.CCc1cccc(C(N)=O)c1. The van der Waals surface area contributed by atoms with E-state index in [0.717, 1.165) is 12.0 Å². The number of aryl methyl sites for hydroxylation is 1. The predicted octanol–water partition coefficient (Wildman–Crippen LogP) is 1.98. The van der Waals surface area contributed by atoms with Crippen LogP contribution in [0.15, 0.2) is 24.3 Å². The van der Waals surface area contributed by atoms with Gasteiger partial charge in [-0.05, 0) is 24.1 Å². The Labute approximate surface area is 73.4 Å². The molecular weight excluding hydrogens is 150 g/mol. The lowest BCUT2D eigenvalue weighted by Crippen LogP contribution is -2.10. The Morgan fingerprint density at radius 2 is 2.17 bits per heavy atom. The number of benzene rings is 1. The van der Waals surface area contributed by atoms with Gasteiger partial charge < -0.3 is 5.73 Å². The first kappa shape index (κ1) is 10.7. The lowest BCUT2D eigenvalue weighted by molar-refractivity contribution is 0.1000. The number of primary amides is 1. The predicted molar refractivity (Wildman–Crippen MR) is 51.1 cm³/mol. The number of hydrogen-bond donors (Lipinski definition) is 1. The van der Waals surface area contributed by atoms with E-state index in [9.17, 15) is 4.79 Å². The van der Waals surface area contributed by atoms with E-state index in [-0.39, 0.29) is 13.3 Å². The lowest BCUT2D eigenvalue weighted by atomic mass is 10.1. The standard InChI is InChI=1S/C9H11NO.CH4/c1-2-7-4-3-5-8(6-7)9(10)11;/h3-6H,2H2,1H3,(H2,10,11);1H4. The maximum Gasteiger partial charge on any atom is 0.248 e. The first-order valence-electron chi connectivity index (χ1n) is 3.62. The Bertz CT molecular complexity index is 268. The molecule has 0 spiro atoms. The Balaban J connectivity index is 0.00000121. The van der Waals surface area contributed by atoms with Gasteiger partial charge in [-0.15, -0.1) is 0 Å². The number of hydrogen-bond acceptors (Lipinski definition) is 1. The Hall–Kier alpha value is -1.31. The van der Waals surface area contributed by atoms with E-state index in [2.05, 4.69) is 0 Å². The molecule has 0 atom stereocenters. The zero-order valence-corrected chi connectivity index (χ0v) is 6.50. The van der Waals surface area contributed by atoms with Gasteiger partial charge in [-0.1, -0.05) is 26.5 Å². The van der Waals surface area contributed by atoms with E-state index < -0.39 is 0 Å². The zero-order valence-electron chi connectivity index (χ0n) is 6.50. The first-order valence-corrected chi connectivity index (χ1v) is 3.62. The maximum atomic E-state index is 10.7. The summed E-state index contributed by atoms with van der Waals surface area (Å²) in [6.45, 7) is 2.04. The Morgan fingerprint density at radius 3 is 2.67 bits per heavy atom. The van der Waals surface area contributed by atoms with Crippen molar-refractivity contribution in [2.45, 2.75) is 20.8 Å². The molecular formula is C10H15NO. The summed E-state index contributed by atoms with van der Waals surface area (Å²) < 4.78 is 0. The summed E-state index contributed by atoms with van der Waals surface area (Å²) in [6.07, 6.45) is 0.932. The molecule has 0 saturated heterocycles. The summed E-state index contributed by atoms with van der Waals surface area (Å²) >= 11 is 0. The normalized spacial score (nSPS) is 8.75. The van der Waals surface area contributed by atoms with Crippen molar-refractivity contribution in [3.05, 3.63) is 35.4 Å². The van der Waals surface area contributed by atoms with Gasteiger partial charge in [-0.25, -0.2) is 0 Å².